The Labute approximate surface area is 182 Å². The first kappa shape index (κ1) is 19.0. The predicted molar refractivity (Wildman–Crippen MR) is 124 cm³/mol. The molecule has 0 atom stereocenters. The molecule has 0 radical (unpaired) electrons. The molecule has 0 spiro atoms. The van der Waals surface area contributed by atoms with Crippen molar-refractivity contribution in [3.63, 3.8) is 0 Å². The van der Waals surface area contributed by atoms with E-state index in [9.17, 15) is 9.81 Å². The minimum atomic E-state index is 0.558. The normalized spacial score (nSPS) is 19.0. The molecule has 31 heavy (non-hydrogen) atoms. The molecule has 6 heteroatoms. The third kappa shape index (κ3) is 2.91. The van der Waals surface area contributed by atoms with E-state index in [1.807, 2.05) is 0 Å². The summed E-state index contributed by atoms with van der Waals surface area (Å²) in [5.74, 6) is 0. The van der Waals surface area contributed by atoms with E-state index < -0.39 is 0 Å². The second kappa shape index (κ2) is 7.43. The van der Waals surface area contributed by atoms with Crippen LogP contribution in [0.2, 0.25) is 0 Å². The largest absolute Gasteiger partial charge is 0.371 e. The molecular weight excluding hydrogens is 388 g/mol. The number of benzene rings is 2. The molecule has 0 aliphatic carbocycles. The van der Waals surface area contributed by atoms with E-state index in [2.05, 4.69) is 32.3 Å². The fourth-order valence-electron chi connectivity index (χ4n) is 6.52. The lowest BCUT2D eigenvalue weighted by atomic mass is 9.84. The van der Waals surface area contributed by atoms with E-state index in [0.717, 1.165) is 99.8 Å². The van der Waals surface area contributed by atoms with Crippen molar-refractivity contribution in [2.45, 2.75) is 57.8 Å². The zero-order valence-electron chi connectivity index (χ0n) is 18.0. The van der Waals surface area contributed by atoms with Crippen LogP contribution < -0.4 is 9.80 Å². The summed E-state index contributed by atoms with van der Waals surface area (Å²) in [7, 11) is 0. The average Bonchev–Trinajstić information content (AvgIpc) is 2.80. The highest BCUT2D eigenvalue weighted by Crippen LogP contribution is 2.46. The lowest BCUT2D eigenvalue weighted by Gasteiger charge is -2.38. The summed E-state index contributed by atoms with van der Waals surface area (Å²) in [5.41, 5.74) is 10.6. The first-order valence-corrected chi connectivity index (χ1v) is 11.8. The molecule has 0 bridgehead atoms. The SMILES string of the molecule is O=Nc1c(Cc2cc3c4c(c2N=O)CCCN4CCC3)cc2c3c1CCCN3CCC2. The van der Waals surface area contributed by atoms with Crippen molar-refractivity contribution in [3.8, 4) is 0 Å². The van der Waals surface area contributed by atoms with Gasteiger partial charge in [-0.05, 0) is 84.0 Å². The fourth-order valence-corrected chi connectivity index (χ4v) is 6.52. The van der Waals surface area contributed by atoms with Gasteiger partial charge in [0.2, 0.25) is 0 Å². The highest BCUT2D eigenvalue weighted by molar-refractivity contribution is 5.77. The van der Waals surface area contributed by atoms with Gasteiger partial charge < -0.3 is 9.80 Å². The van der Waals surface area contributed by atoms with E-state index in [1.54, 1.807) is 0 Å². The number of nitroso groups, excluding NO2 is 2. The van der Waals surface area contributed by atoms with Gasteiger partial charge in [0.05, 0.1) is 0 Å². The topological polar surface area (TPSA) is 65.3 Å². The minimum absolute atomic E-state index is 0.558. The van der Waals surface area contributed by atoms with Gasteiger partial charge >= 0.3 is 0 Å². The summed E-state index contributed by atoms with van der Waals surface area (Å²) in [6.07, 6.45) is 8.93. The molecular formula is C25H28N4O2. The highest BCUT2D eigenvalue weighted by Gasteiger charge is 2.31. The van der Waals surface area contributed by atoms with Crippen molar-refractivity contribution in [1.29, 1.82) is 0 Å². The highest BCUT2D eigenvalue weighted by atomic mass is 16.3. The van der Waals surface area contributed by atoms with Crippen molar-refractivity contribution in [2.24, 2.45) is 10.4 Å². The molecule has 4 aliphatic heterocycles. The van der Waals surface area contributed by atoms with Gasteiger partial charge in [-0.3, -0.25) is 0 Å². The second-order valence-corrected chi connectivity index (χ2v) is 9.49. The molecule has 4 aliphatic rings. The Morgan fingerprint density at radius 2 is 1.06 bits per heavy atom. The molecule has 2 aromatic carbocycles. The Kier molecular flexibility index (Phi) is 4.55. The van der Waals surface area contributed by atoms with Crippen LogP contribution in [0.3, 0.4) is 0 Å². The van der Waals surface area contributed by atoms with Crippen LogP contribution >= 0.6 is 0 Å². The number of anilines is 2. The molecule has 2 aromatic rings. The number of hydrogen-bond acceptors (Lipinski definition) is 6. The van der Waals surface area contributed by atoms with Crippen molar-refractivity contribution in [1.82, 2.24) is 0 Å². The maximum Gasteiger partial charge on any atom is 0.116 e. The number of hydrogen-bond donors (Lipinski definition) is 0. The Morgan fingerprint density at radius 3 is 1.48 bits per heavy atom. The zero-order chi connectivity index (χ0) is 20.9. The van der Waals surface area contributed by atoms with Gasteiger partial charge in [-0.2, -0.15) is 0 Å². The third-order valence-electron chi connectivity index (χ3n) is 7.71. The van der Waals surface area contributed by atoms with Gasteiger partial charge in [-0.1, -0.05) is 12.1 Å². The Bertz CT molecular complexity index is 1000. The molecule has 0 saturated carbocycles. The second-order valence-electron chi connectivity index (χ2n) is 9.49. The quantitative estimate of drug-likeness (QED) is 0.620. The maximum absolute atomic E-state index is 12.0. The van der Waals surface area contributed by atoms with Crippen molar-refractivity contribution >= 4 is 22.7 Å². The van der Waals surface area contributed by atoms with Gasteiger partial charge in [0.1, 0.15) is 11.4 Å². The van der Waals surface area contributed by atoms with Gasteiger partial charge in [0.15, 0.2) is 0 Å². The van der Waals surface area contributed by atoms with Crippen LogP contribution in [-0.4, -0.2) is 26.2 Å². The van der Waals surface area contributed by atoms with E-state index in [1.165, 1.54) is 22.5 Å². The van der Waals surface area contributed by atoms with Crippen LogP contribution in [0, 0.1) is 9.81 Å². The molecule has 0 aromatic heterocycles. The zero-order valence-corrected chi connectivity index (χ0v) is 18.0. The first-order chi connectivity index (χ1) is 15.3. The van der Waals surface area contributed by atoms with Crippen LogP contribution in [0.25, 0.3) is 0 Å². The van der Waals surface area contributed by atoms with Gasteiger partial charge in [0, 0.05) is 55.1 Å². The number of nitrogens with zero attached hydrogens (tertiary/aromatic N) is 4. The van der Waals surface area contributed by atoms with Crippen molar-refractivity contribution in [3.05, 3.63) is 55.3 Å². The molecule has 0 saturated heterocycles. The van der Waals surface area contributed by atoms with Crippen molar-refractivity contribution < 1.29 is 0 Å². The molecule has 6 nitrogen and oxygen atoms in total. The van der Waals surface area contributed by atoms with Crippen LogP contribution in [0.5, 0.6) is 0 Å². The molecule has 4 heterocycles. The van der Waals surface area contributed by atoms with Crippen LogP contribution in [0.4, 0.5) is 22.7 Å². The summed E-state index contributed by atoms with van der Waals surface area (Å²) in [5, 5.41) is 7.06. The molecule has 0 N–H and O–H groups in total. The smallest absolute Gasteiger partial charge is 0.116 e. The summed E-state index contributed by atoms with van der Waals surface area (Å²) in [4.78, 5) is 28.9. The molecule has 0 unspecified atom stereocenters. The van der Waals surface area contributed by atoms with Crippen LogP contribution in [0.1, 0.15) is 59.1 Å². The molecule has 0 fully saturated rings. The maximum atomic E-state index is 12.0. The molecule has 0 amide bonds. The van der Waals surface area contributed by atoms with Gasteiger partial charge in [-0.15, -0.1) is 9.81 Å². The van der Waals surface area contributed by atoms with Crippen LogP contribution in [0.15, 0.2) is 22.5 Å². The lowest BCUT2D eigenvalue weighted by molar-refractivity contribution is 0.632. The monoisotopic (exact) mass is 416 g/mol. The Hall–Kier alpha value is -2.76. The standard InChI is InChI=1S/C25H28N4O2/c30-26-22-18(13-16-5-1-9-28-11-3-7-20(22)24(16)28)15-19-14-17-6-2-10-29-12-4-8-21(25(17)29)23(19)27-31/h13-14H,1-12,15H2. The van der Waals surface area contributed by atoms with E-state index in [0.29, 0.717) is 17.8 Å². The van der Waals surface area contributed by atoms with E-state index >= 15 is 0 Å². The van der Waals surface area contributed by atoms with Gasteiger partial charge in [0.25, 0.3) is 0 Å². The van der Waals surface area contributed by atoms with Crippen molar-refractivity contribution in [2.75, 3.05) is 36.0 Å². The Balaban J connectivity index is 1.49. The third-order valence-corrected chi connectivity index (χ3v) is 7.71. The summed E-state index contributed by atoms with van der Waals surface area (Å²) >= 11 is 0. The summed E-state index contributed by atoms with van der Waals surface area (Å²) < 4.78 is 0. The minimum Gasteiger partial charge on any atom is -0.371 e. The van der Waals surface area contributed by atoms with Crippen LogP contribution in [-0.2, 0) is 32.1 Å². The van der Waals surface area contributed by atoms with E-state index in [-0.39, 0.29) is 0 Å². The first-order valence-electron chi connectivity index (χ1n) is 11.8. The molecule has 6 rings (SSSR count). The molecule has 160 valence electrons. The number of rotatable bonds is 4. The fraction of sp³-hybridized carbons (Fsp3) is 0.520. The Morgan fingerprint density at radius 1 is 0.645 bits per heavy atom. The summed E-state index contributed by atoms with van der Waals surface area (Å²) in [6, 6.07) is 4.39. The van der Waals surface area contributed by atoms with E-state index in [4.69, 9.17) is 0 Å². The lowest BCUT2D eigenvalue weighted by Crippen LogP contribution is -2.35. The summed E-state index contributed by atoms with van der Waals surface area (Å²) in [6.45, 7) is 4.28. The predicted octanol–water partition coefficient (Wildman–Crippen LogP) is 5.47. The van der Waals surface area contributed by atoms with Gasteiger partial charge in [-0.25, -0.2) is 0 Å². The average molecular weight is 417 g/mol. The number of aryl methyl sites for hydroxylation is 2.